The number of hydrogen-bond donors (Lipinski definition) is 2. The lowest BCUT2D eigenvalue weighted by Crippen LogP contribution is -2.48. The number of benzene rings is 1. The molecule has 2 aromatic rings. The SMILES string of the molecule is Cl.Cl.NCCNC(=O)C1CCCN(C(=O)CN(Cc2cccnc2)c2ccccc2)C1. The van der Waals surface area contributed by atoms with Gasteiger partial charge in [0.2, 0.25) is 11.8 Å². The second-order valence-corrected chi connectivity index (χ2v) is 7.31. The number of piperidine rings is 1. The van der Waals surface area contributed by atoms with Crippen LogP contribution >= 0.6 is 24.8 Å². The number of carbonyl (C=O) groups is 2. The van der Waals surface area contributed by atoms with Crippen LogP contribution in [-0.2, 0) is 16.1 Å². The van der Waals surface area contributed by atoms with Gasteiger partial charge in [0.25, 0.3) is 0 Å². The molecule has 31 heavy (non-hydrogen) atoms. The number of nitrogens with two attached hydrogens (primary N) is 1. The number of nitrogens with one attached hydrogen (secondary N) is 1. The smallest absolute Gasteiger partial charge is 0.242 e. The van der Waals surface area contributed by atoms with Gasteiger partial charge in [0.05, 0.1) is 12.5 Å². The zero-order valence-electron chi connectivity index (χ0n) is 17.5. The molecule has 3 rings (SSSR count). The largest absolute Gasteiger partial charge is 0.358 e. The van der Waals surface area contributed by atoms with Crippen LogP contribution in [0.15, 0.2) is 54.9 Å². The second kappa shape index (κ2) is 13.9. The molecule has 1 aliphatic heterocycles. The molecule has 0 aliphatic carbocycles. The van der Waals surface area contributed by atoms with Gasteiger partial charge in [-0.1, -0.05) is 24.3 Å². The minimum atomic E-state index is -0.164. The number of nitrogens with zero attached hydrogens (tertiary/aromatic N) is 3. The van der Waals surface area contributed by atoms with Crippen molar-refractivity contribution in [1.29, 1.82) is 0 Å². The molecule has 0 spiro atoms. The molecule has 1 fully saturated rings. The zero-order valence-corrected chi connectivity index (χ0v) is 19.1. The fourth-order valence-electron chi connectivity index (χ4n) is 3.61. The third-order valence-corrected chi connectivity index (χ3v) is 5.13. The Bertz CT molecular complexity index is 795. The van der Waals surface area contributed by atoms with Gasteiger partial charge in [0.1, 0.15) is 0 Å². The Morgan fingerprint density at radius 3 is 2.61 bits per heavy atom. The third-order valence-electron chi connectivity index (χ3n) is 5.13. The number of aromatic nitrogens is 1. The molecule has 1 aliphatic rings. The van der Waals surface area contributed by atoms with Crippen molar-refractivity contribution in [2.75, 3.05) is 37.6 Å². The Balaban J connectivity index is 0.00000240. The maximum Gasteiger partial charge on any atom is 0.242 e. The number of pyridine rings is 1. The van der Waals surface area contributed by atoms with Crippen LogP contribution in [0.4, 0.5) is 5.69 Å². The zero-order chi connectivity index (χ0) is 20.5. The molecule has 170 valence electrons. The van der Waals surface area contributed by atoms with Gasteiger partial charge in [-0.2, -0.15) is 0 Å². The van der Waals surface area contributed by atoms with Gasteiger partial charge in [-0.15, -0.1) is 24.8 Å². The number of carbonyl (C=O) groups excluding carboxylic acids is 2. The van der Waals surface area contributed by atoms with Crippen LogP contribution < -0.4 is 16.0 Å². The summed E-state index contributed by atoms with van der Waals surface area (Å²) in [4.78, 5) is 33.4. The van der Waals surface area contributed by atoms with Crippen molar-refractivity contribution in [3.05, 3.63) is 60.4 Å². The van der Waals surface area contributed by atoms with Crippen LogP contribution in [0.25, 0.3) is 0 Å². The van der Waals surface area contributed by atoms with E-state index in [-0.39, 0.29) is 49.1 Å². The van der Waals surface area contributed by atoms with E-state index in [1.807, 2.05) is 53.6 Å². The lowest BCUT2D eigenvalue weighted by molar-refractivity contribution is -0.134. The van der Waals surface area contributed by atoms with E-state index in [4.69, 9.17) is 5.73 Å². The number of amides is 2. The van der Waals surface area contributed by atoms with Crippen molar-refractivity contribution in [3.8, 4) is 0 Å². The van der Waals surface area contributed by atoms with E-state index in [1.165, 1.54) is 0 Å². The van der Waals surface area contributed by atoms with Gasteiger partial charge < -0.3 is 20.9 Å². The van der Waals surface area contributed by atoms with Crippen LogP contribution in [0.3, 0.4) is 0 Å². The van der Waals surface area contributed by atoms with Gasteiger partial charge in [0.15, 0.2) is 0 Å². The van der Waals surface area contributed by atoms with E-state index in [0.29, 0.717) is 32.7 Å². The lowest BCUT2D eigenvalue weighted by atomic mass is 9.97. The maximum atomic E-state index is 13.1. The first-order chi connectivity index (χ1) is 14.2. The molecule has 3 N–H and O–H groups in total. The molecule has 1 aromatic heterocycles. The number of anilines is 1. The summed E-state index contributed by atoms with van der Waals surface area (Å²) in [6.45, 7) is 2.89. The Morgan fingerprint density at radius 1 is 1.16 bits per heavy atom. The summed E-state index contributed by atoms with van der Waals surface area (Å²) in [6.07, 6.45) is 5.20. The number of halogens is 2. The van der Waals surface area contributed by atoms with Gasteiger partial charge in [-0.05, 0) is 36.6 Å². The minimum Gasteiger partial charge on any atom is -0.358 e. The Kier molecular flexibility index (Phi) is 11.9. The third kappa shape index (κ3) is 8.01. The maximum absolute atomic E-state index is 13.1. The monoisotopic (exact) mass is 467 g/mol. The lowest BCUT2D eigenvalue weighted by Gasteiger charge is -2.34. The highest BCUT2D eigenvalue weighted by Gasteiger charge is 2.29. The van der Waals surface area contributed by atoms with Gasteiger partial charge in [-0.3, -0.25) is 14.6 Å². The van der Waals surface area contributed by atoms with Crippen molar-refractivity contribution >= 4 is 42.3 Å². The molecule has 0 radical (unpaired) electrons. The summed E-state index contributed by atoms with van der Waals surface area (Å²) in [6, 6.07) is 13.8. The highest BCUT2D eigenvalue weighted by molar-refractivity contribution is 5.86. The molecule has 0 saturated carbocycles. The van der Waals surface area contributed by atoms with Crippen molar-refractivity contribution in [1.82, 2.24) is 15.2 Å². The van der Waals surface area contributed by atoms with E-state index in [2.05, 4.69) is 15.2 Å². The Labute approximate surface area is 196 Å². The van der Waals surface area contributed by atoms with Crippen LogP contribution in [0.5, 0.6) is 0 Å². The minimum absolute atomic E-state index is 0. The first-order valence-corrected chi connectivity index (χ1v) is 10.1. The summed E-state index contributed by atoms with van der Waals surface area (Å²) < 4.78 is 0. The highest BCUT2D eigenvalue weighted by Crippen LogP contribution is 2.20. The molecule has 1 unspecified atom stereocenters. The van der Waals surface area contributed by atoms with Crippen molar-refractivity contribution in [2.45, 2.75) is 19.4 Å². The predicted molar refractivity (Wildman–Crippen MR) is 128 cm³/mol. The summed E-state index contributed by atoms with van der Waals surface area (Å²) >= 11 is 0. The number of likely N-dealkylation sites (tertiary alicyclic amines) is 1. The molecule has 1 aromatic carbocycles. The average Bonchev–Trinajstić information content (AvgIpc) is 2.78. The molecule has 7 nitrogen and oxygen atoms in total. The van der Waals surface area contributed by atoms with Crippen LogP contribution in [-0.4, -0.2) is 54.4 Å². The number of hydrogen-bond acceptors (Lipinski definition) is 5. The van der Waals surface area contributed by atoms with Crippen molar-refractivity contribution in [2.24, 2.45) is 11.7 Å². The molecular formula is C22H31Cl2N5O2. The summed E-state index contributed by atoms with van der Waals surface area (Å²) in [7, 11) is 0. The first-order valence-electron chi connectivity index (χ1n) is 10.1. The fourth-order valence-corrected chi connectivity index (χ4v) is 3.61. The molecule has 0 bridgehead atoms. The normalized spacial score (nSPS) is 15.3. The van der Waals surface area contributed by atoms with Crippen LogP contribution in [0.2, 0.25) is 0 Å². The summed E-state index contributed by atoms with van der Waals surface area (Å²) in [5.41, 5.74) is 7.49. The summed E-state index contributed by atoms with van der Waals surface area (Å²) in [5.74, 6) is -0.139. The standard InChI is InChI=1S/C22H29N5O2.2ClH/c23-10-12-25-22(29)19-7-5-13-26(16-19)21(28)17-27(20-8-2-1-3-9-20)15-18-6-4-11-24-14-18;;/h1-4,6,8-9,11,14,19H,5,7,10,12-13,15-17,23H2,(H,25,29);2*1H. The van der Waals surface area contributed by atoms with E-state index in [9.17, 15) is 9.59 Å². The molecule has 1 atom stereocenters. The van der Waals surface area contributed by atoms with E-state index in [1.54, 1.807) is 6.20 Å². The second-order valence-electron chi connectivity index (χ2n) is 7.31. The molecular weight excluding hydrogens is 437 g/mol. The highest BCUT2D eigenvalue weighted by atomic mass is 35.5. The fraction of sp³-hybridized carbons (Fsp3) is 0.409. The number of para-hydroxylation sites is 1. The first kappa shape index (κ1) is 26.7. The van der Waals surface area contributed by atoms with Crippen molar-refractivity contribution in [3.63, 3.8) is 0 Å². The van der Waals surface area contributed by atoms with Crippen molar-refractivity contribution < 1.29 is 9.59 Å². The molecule has 2 amide bonds. The molecule has 9 heteroatoms. The average molecular weight is 468 g/mol. The van der Waals surface area contributed by atoms with Gasteiger partial charge >= 0.3 is 0 Å². The topological polar surface area (TPSA) is 91.6 Å². The van der Waals surface area contributed by atoms with Gasteiger partial charge in [-0.25, -0.2) is 0 Å². The molecule has 1 saturated heterocycles. The van der Waals surface area contributed by atoms with Gasteiger partial charge in [0, 0.05) is 50.8 Å². The number of rotatable bonds is 8. The Morgan fingerprint density at radius 2 is 1.94 bits per heavy atom. The molecule has 2 heterocycles. The Hall–Kier alpha value is -2.35. The predicted octanol–water partition coefficient (Wildman–Crippen LogP) is 2.25. The van der Waals surface area contributed by atoms with E-state index in [0.717, 1.165) is 24.1 Å². The van der Waals surface area contributed by atoms with E-state index < -0.39 is 0 Å². The summed E-state index contributed by atoms with van der Waals surface area (Å²) in [5, 5.41) is 2.84. The van der Waals surface area contributed by atoms with Crippen LogP contribution in [0, 0.1) is 5.92 Å². The van der Waals surface area contributed by atoms with Crippen LogP contribution in [0.1, 0.15) is 18.4 Å². The van der Waals surface area contributed by atoms with E-state index >= 15 is 0 Å². The quantitative estimate of drug-likeness (QED) is 0.620.